The van der Waals surface area contributed by atoms with E-state index < -0.39 is 10.0 Å². The largest absolute Gasteiger partial charge is 0.496 e. The smallest absolute Gasteiger partial charge is 0.264 e. The Hall–Kier alpha value is -2.43. The summed E-state index contributed by atoms with van der Waals surface area (Å²) < 4.78 is 28.9. The third-order valence-corrected chi connectivity index (χ3v) is 8.46. The Labute approximate surface area is 223 Å². The molecule has 3 aromatic rings. The van der Waals surface area contributed by atoms with Crippen LogP contribution in [0.2, 0.25) is 0 Å². The molecule has 3 N–H and O–H groups in total. The number of benzene rings is 2. The van der Waals surface area contributed by atoms with Crippen LogP contribution in [0.4, 0.5) is 0 Å². The molecule has 2 aromatic carbocycles. The summed E-state index contributed by atoms with van der Waals surface area (Å²) in [6, 6.07) is 16.7. The minimum Gasteiger partial charge on any atom is -0.496 e. The average Bonchev–Trinajstić information content (AvgIpc) is 3.41. The van der Waals surface area contributed by atoms with E-state index in [2.05, 4.69) is 5.32 Å². The molecule has 7 nitrogen and oxygen atoms in total. The van der Waals surface area contributed by atoms with Crippen molar-refractivity contribution in [3.63, 3.8) is 0 Å². The molecule has 0 spiro atoms. The van der Waals surface area contributed by atoms with E-state index in [9.17, 15) is 13.2 Å². The molecule has 1 aliphatic rings. The molecular weight excluding hydrogens is 518 g/mol. The van der Waals surface area contributed by atoms with Crippen molar-refractivity contribution in [2.24, 2.45) is 5.14 Å². The summed E-state index contributed by atoms with van der Waals surface area (Å²) in [5.74, 6) is 0.751. The maximum absolute atomic E-state index is 13.6. The van der Waals surface area contributed by atoms with E-state index >= 15 is 0 Å². The molecular formula is C26H32ClN3O4S2. The number of halogens is 1. The number of hydrogen-bond acceptors (Lipinski definition) is 6. The fourth-order valence-electron chi connectivity index (χ4n) is 4.69. The molecule has 1 aliphatic carbocycles. The third-order valence-electron chi connectivity index (χ3n) is 6.68. The van der Waals surface area contributed by atoms with Crippen LogP contribution in [0.5, 0.6) is 5.75 Å². The molecule has 1 saturated carbocycles. The average molecular weight is 550 g/mol. The number of primary sulfonamides is 1. The highest BCUT2D eigenvalue weighted by Crippen LogP contribution is 2.32. The maximum Gasteiger partial charge on any atom is 0.264 e. The Balaban J connectivity index is 0.00000361. The number of carbonyl (C=O) groups excluding carboxylic acids is 1. The van der Waals surface area contributed by atoms with E-state index in [1.54, 1.807) is 19.2 Å². The maximum atomic E-state index is 13.6. The van der Waals surface area contributed by atoms with E-state index in [-0.39, 0.29) is 29.3 Å². The molecule has 0 unspecified atom stereocenters. The van der Waals surface area contributed by atoms with Gasteiger partial charge >= 0.3 is 0 Å². The van der Waals surface area contributed by atoms with Gasteiger partial charge in [0.1, 0.15) is 5.75 Å². The lowest BCUT2D eigenvalue weighted by Crippen LogP contribution is -2.44. The lowest BCUT2D eigenvalue weighted by molar-refractivity contribution is 0.0604. The lowest BCUT2D eigenvalue weighted by atomic mass is 9.89. The van der Waals surface area contributed by atoms with Gasteiger partial charge in [0.15, 0.2) is 0 Å². The number of hydrogen-bond donors (Lipinski definition) is 2. The van der Waals surface area contributed by atoms with E-state index in [1.807, 2.05) is 47.7 Å². The molecule has 0 saturated heterocycles. The summed E-state index contributed by atoms with van der Waals surface area (Å²) in [5, 5.41) is 10.5. The van der Waals surface area contributed by atoms with Crippen LogP contribution in [0.25, 0.3) is 11.1 Å². The zero-order chi connectivity index (χ0) is 25.0. The standard InChI is InChI=1S/C26H31N3O4S2.ClH/c1-28-21-8-10-22(11-9-21)29(26(30)25-4-3-15-34-25)17-20-16-19(7-14-24(20)33-2)18-5-12-23(13-6-18)35(27,31)32;/h3-7,12-16,21-22,28H,8-11,17H2,1-2H3,(H2,27,31,32);1H. The zero-order valence-electron chi connectivity index (χ0n) is 20.3. The molecule has 194 valence electrons. The first kappa shape index (κ1) is 28.1. The predicted octanol–water partition coefficient (Wildman–Crippen LogP) is 4.67. The van der Waals surface area contributed by atoms with Gasteiger partial charge in [-0.25, -0.2) is 13.6 Å². The molecule has 0 aliphatic heterocycles. The summed E-state index contributed by atoms with van der Waals surface area (Å²) in [4.78, 5) is 16.3. The van der Waals surface area contributed by atoms with Crippen LogP contribution in [0.3, 0.4) is 0 Å². The van der Waals surface area contributed by atoms with Crippen molar-refractivity contribution in [1.29, 1.82) is 0 Å². The Morgan fingerprint density at radius 3 is 2.31 bits per heavy atom. The Bertz CT molecular complexity index is 1260. The molecule has 1 fully saturated rings. The molecule has 0 atom stereocenters. The number of methoxy groups -OCH3 is 1. The molecule has 1 amide bonds. The molecule has 1 heterocycles. The van der Waals surface area contributed by atoms with E-state index in [4.69, 9.17) is 9.88 Å². The van der Waals surface area contributed by atoms with Crippen molar-refractivity contribution in [2.75, 3.05) is 14.2 Å². The van der Waals surface area contributed by atoms with E-state index in [0.29, 0.717) is 18.3 Å². The first-order chi connectivity index (χ1) is 16.8. The van der Waals surface area contributed by atoms with Crippen molar-refractivity contribution in [3.8, 4) is 16.9 Å². The second-order valence-electron chi connectivity index (χ2n) is 8.80. The summed E-state index contributed by atoms with van der Waals surface area (Å²) in [7, 11) is -0.134. The number of nitrogens with two attached hydrogens (primary N) is 1. The van der Waals surface area contributed by atoms with E-state index in [1.165, 1.54) is 23.5 Å². The van der Waals surface area contributed by atoms with Gasteiger partial charge in [-0.05, 0) is 79.6 Å². The highest BCUT2D eigenvalue weighted by molar-refractivity contribution is 7.89. The minimum absolute atomic E-state index is 0. The van der Waals surface area contributed by atoms with Crippen LogP contribution >= 0.6 is 23.7 Å². The molecule has 0 radical (unpaired) electrons. The van der Waals surface area contributed by atoms with Gasteiger partial charge in [0.2, 0.25) is 10.0 Å². The minimum atomic E-state index is -3.75. The van der Waals surface area contributed by atoms with Gasteiger partial charge in [0.25, 0.3) is 5.91 Å². The van der Waals surface area contributed by atoms with Crippen LogP contribution < -0.4 is 15.2 Å². The van der Waals surface area contributed by atoms with E-state index in [0.717, 1.165) is 47.3 Å². The van der Waals surface area contributed by atoms with Gasteiger partial charge in [0, 0.05) is 24.2 Å². The van der Waals surface area contributed by atoms with Crippen LogP contribution in [0, 0.1) is 0 Å². The number of sulfonamides is 1. The summed E-state index contributed by atoms with van der Waals surface area (Å²) >= 11 is 1.46. The van der Waals surface area contributed by atoms with Gasteiger partial charge in [-0.2, -0.15) is 0 Å². The normalized spacial score (nSPS) is 17.8. The number of ether oxygens (including phenoxy) is 1. The van der Waals surface area contributed by atoms with Crippen molar-refractivity contribution in [3.05, 3.63) is 70.4 Å². The fourth-order valence-corrected chi connectivity index (χ4v) is 5.88. The summed E-state index contributed by atoms with van der Waals surface area (Å²) in [6.45, 7) is 0.428. The fraction of sp³-hybridized carbons (Fsp3) is 0.346. The van der Waals surface area contributed by atoms with Crippen molar-refractivity contribution in [1.82, 2.24) is 10.2 Å². The number of rotatable bonds is 8. The van der Waals surface area contributed by atoms with Gasteiger partial charge < -0.3 is 15.0 Å². The molecule has 10 heteroatoms. The topological polar surface area (TPSA) is 102 Å². The third kappa shape index (κ3) is 6.46. The molecule has 36 heavy (non-hydrogen) atoms. The van der Waals surface area contributed by atoms with Gasteiger partial charge in [0.05, 0.1) is 16.9 Å². The van der Waals surface area contributed by atoms with Crippen LogP contribution in [0.1, 0.15) is 40.9 Å². The SMILES string of the molecule is CNC1CCC(N(Cc2cc(-c3ccc(S(N)(=O)=O)cc3)ccc2OC)C(=O)c2cccs2)CC1.Cl. The Morgan fingerprint density at radius 2 is 1.75 bits per heavy atom. The molecule has 4 rings (SSSR count). The highest BCUT2D eigenvalue weighted by atomic mass is 35.5. The first-order valence-electron chi connectivity index (χ1n) is 11.6. The van der Waals surface area contributed by atoms with Crippen LogP contribution in [-0.4, -0.2) is 45.5 Å². The number of amides is 1. The first-order valence-corrected chi connectivity index (χ1v) is 14.0. The van der Waals surface area contributed by atoms with Gasteiger partial charge in [-0.1, -0.05) is 24.3 Å². The van der Waals surface area contributed by atoms with Crippen molar-refractivity contribution in [2.45, 2.75) is 49.2 Å². The monoisotopic (exact) mass is 549 g/mol. The second-order valence-corrected chi connectivity index (χ2v) is 11.3. The Morgan fingerprint density at radius 1 is 1.08 bits per heavy atom. The quantitative estimate of drug-likeness (QED) is 0.425. The Kier molecular flexibility index (Phi) is 9.54. The number of nitrogens with zero attached hydrogens (tertiary/aromatic N) is 1. The van der Waals surface area contributed by atoms with Gasteiger partial charge in [-0.15, -0.1) is 23.7 Å². The number of nitrogens with one attached hydrogen (secondary N) is 1. The highest BCUT2D eigenvalue weighted by Gasteiger charge is 2.30. The predicted molar refractivity (Wildman–Crippen MR) is 146 cm³/mol. The number of carbonyl (C=O) groups is 1. The van der Waals surface area contributed by atoms with Gasteiger partial charge in [-0.3, -0.25) is 4.79 Å². The van der Waals surface area contributed by atoms with Crippen molar-refractivity contribution < 1.29 is 17.9 Å². The summed E-state index contributed by atoms with van der Waals surface area (Å²) in [5.41, 5.74) is 2.66. The van der Waals surface area contributed by atoms with Crippen LogP contribution in [0.15, 0.2) is 64.9 Å². The molecule has 1 aromatic heterocycles. The molecule has 0 bridgehead atoms. The van der Waals surface area contributed by atoms with Crippen molar-refractivity contribution >= 4 is 39.7 Å². The number of thiophene rings is 1. The lowest BCUT2D eigenvalue weighted by Gasteiger charge is -2.37. The summed E-state index contributed by atoms with van der Waals surface area (Å²) in [6.07, 6.45) is 3.95. The zero-order valence-corrected chi connectivity index (χ0v) is 22.8. The van der Waals surface area contributed by atoms with Crippen LogP contribution in [-0.2, 0) is 16.6 Å². The second kappa shape index (κ2) is 12.2.